The molecule has 0 aliphatic rings. The fourth-order valence-electron chi connectivity index (χ4n) is 3.15. The lowest BCUT2D eigenvalue weighted by molar-refractivity contribution is 0.102. The molecule has 1 aromatic heterocycles. The Labute approximate surface area is 185 Å². The van der Waals surface area contributed by atoms with Crippen LogP contribution in [-0.2, 0) is 6.54 Å². The molecule has 2 N–H and O–H groups in total. The molecule has 4 aromatic rings. The normalized spacial score (nSPS) is 10.4. The summed E-state index contributed by atoms with van der Waals surface area (Å²) in [6.07, 6.45) is 0. The fraction of sp³-hybridized carbons (Fsp3) is 0.125. The summed E-state index contributed by atoms with van der Waals surface area (Å²) in [6.45, 7) is 0.260. The molecule has 0 spiro atoms. The first kappa shape index (κ1) is 20.9. The van der Waals surface area contributed by atoms with Crippen molar-refractivity contribution in [2.45, 2.75) is 6.54 Å². The lowest BCUT2D eigenvalue weighted by atomic mass is 10.1. The van der Waals surface area contributed by atoms with Crippen molar-refractivity contribution in [3.63, 3.8) is 0 Å². The SMILES string of the molecule is COc1ccc(-c2noc(CNc3ccccc3C(=O)Nc3ccccc3)n2)cc1OC. The third kappa shape index (κ3) is 4.70. The molecule has 0 bridgehead atoms. The molecular weight excluding hydrogens is 408 g/mol. The zero-order valence-electron chi connectivity index (χ0n) is 17.7. The van der Waals surface area contributed by atoms with E-state index in [2.05, 4.69) is 20.8 Å². The first-order valence-corrected chi connectivity index (χ1v) is 9.92. The summed E-state index contributed by atoms with van der Waals surface area (Å²) in [5.41, 5.74) is 2.63. The summed E-state index contributed by atoms with van der Waals surface area (Å²) in [5.74, 6) is 1.79. The maximum absolute atomic E-state index is 12.7. The number of rotatable bonds is 8. The van der Waals surface area contributed by atoms with Gasteiger partial charge in [-0.3, -0.25) is 4.79 Å². The van der Waals surface area contributed by atoms with E-state index in [1.54, 1.807) is 32.4 Å². The molecule has 0 saturated heterocycles. The van der Waals surface area contributed by atoms with E-state index >= 15 is 0 Å². The van der Waals surface area contributed by atoms with Gasteiger partial charge in [0.15, 0.2) is 11.5 Å². The second-order valence-corrected chi connectivity index (χ2v) is 6.80. The molecule has 0 radical (unpaired) electrons. The maximum Gasteiger partial charge on any atom is 0.257 e. The summed E-state index contributed by atoms with van der Waals surface area (Å²) < 4.78 is 16.0. The summed E-state index contributed by atoms with van der Waals surface area (Å²) in [5, 5.41) is 10.1. The van der Waals surface area contributed by atoms with Crippen molar-refractivity contribution < 1.29 is 18.8 Å². The molecule has 3 aromatic carbocycles. The molecule has 0 aliphatic carbocycles. The minimum Gasteiger partial charge on any atom is -0.493 e. The largest absolute Gasteiger partial charge is 0.493 e. The Bertz CT molecular complexity index is 1210. The quantitative estimate of drug-likeness (QED) is 0.421. The number of ether oxygens (including phenoxy) is 2. The monoisotopic (exact) mass is 430 g/mol. The number of hydrogen-bond acceptors (Lipinski definition) is 7. The number of anilines is 2. The van der Waals surface area contributed by atoms with E-state index in [-0.39, 0.29) is 12.5 Å². The highest BCUT2D eigenvalue weighted by molar-refractivity contribution is 6.08. The van der Waals surface area contributed by atoms with Crippen molar-refractivity contribution in [1.29, 1.82) is 0 Å². The number of aromatic nitrogens is 2. The minimum atomic E-state index is -0.212. The van der Waals surface area contributed by atoms with E-state index < -0.39 is 0 Å². The van der Waals surface area contributed by atoms with Crippen molar-refractivity contribution >= 4 is 17.3 Å². The molecule has 0 unspecified atom stereocenters. The molecule has 32 heavy (non-hydrogen) atoms. The van der Waals surface area contributed by atoms with Crippen LogP contribution in [-0.4, -0.2) is 30.3 Å². The van der Waals surface area contributed by atoms with Crippen LogP contribution < -0.4 is 20.1 Å². The maximum atomic E-state index is 12.7. The zero-order chi connectivity index (χ0) is 22.3. The average Bonchev–Trinajstić information content (AvgIpc) is 3.32. The van der Waals surface area contributed by atoms with Crippen LogP contribution >= 0.6 is 0 Å². The molecule has 0 fully saturated rings. The molecular formula is C24H22N4O4. The highest BCUT2D eigenvalue weighted by Crippen LogP contribution is 2.31. The molecule has 0 saturated carbocycles. The third-order valence-corrected chi connectivity index (χ3v) is 4.74. The fourth-order valence-corrected chi connectivity index (χ4v) is 3.15. The zero-order valence-corrected chi connectivity index (χ0v) is 17.7. The van der Waals surface area contributed by atoms with Gasteiger partial charge in [0.1, 0.15) is 0 Å². The van der Waals surface area contributed by atoms with Crippen molar-refractivity contribution in [3.8, 4) is 22.9 Å². The number of nitrogens with zero attached hydrogens (tertiary/aromatic N) is 2. The Kier molecular flexibility index (Phi) is 6.31. The van der Waals surface area contributed by atoms with E-state index in [4.69, 9.17) is 14.0 Å². The summed E-state index contributed by atoms with van der Waals surface area (Å²) >= 11 is 0. The van der Waals surface area contributed by atoms with Gasteiger partial charge < -0.3 is 24.6 Å². The van der Waals surface area contributed by atoms with Crippen LogP contribution in [0.3, 0.4) is 0 Å². The third-order valence-electron chi connectivity index (χ3n) is 4.74. The second-order valence-electron chi connectivity index (χ2n) is 6.80. The van der Waals surface area contributed by atoms with E-state index in [0.29, 0.717) is 34.5 Å². The number of hydrogen-bond donors (Lipinski definition) is 2. The van der Waals surface area contributed by atoms with Crippen molar-refractivity contribution in [2.24, 2.45) is 0 Å². The van der Waals surface area contributed by atoms with Crippen LogP contribution in [0.2, 0.25) is 0 Å². The van der Waals surface area contributed by atoms with Gasteiger partial charge in [-0.05, 0) is 42.5 Å². The predicted molar refractivity (Wildman–Crippen MR) is 121 cm³/mol. The average molecular weight is 430 g/mol. The number of methoxy groups -OCH3 is 2. The van der Waals surface area contributed by atoms with Gasteiger partial charge in [0.25, 0.3) is 5.91 Å². The molecule has 162 valence electrons. The highest BCUT2D eigenvalue weighted by atomic mass is 16.5. The van der Waals surface area contributed by atoms with E-state index in [1.807, 2.05) is 54.6 Å². The van der Waals surface area contributed by atoms with E-state index in [9.17, 15) is 4.79 Å². The Balaban J connectivity index is 1.46. The molecule has 0 atom stereocenters. The van der Waals surface area contributed by atoms with Crippen LogP contribution in [0, 0.1) is 0 Å². The standard InChI is InChI=1S/C24H22N4O4/c1-30-20-13-12-16(14-21(20)31-2)23-27-22(32-28-23)15-25-19-11-7-6-10-18(19)24(29)26-17-8-4-3-5-9-17/h3-14,25H,15H2,1-2H3,(H,26,29). The molecule has 8 nitrogen and oxygen atoms in total. The van der Waals surface area contributed by atoms with Gasteiger partial charge in [0.2, 0.25) is 11.7 Å². The van der Waals surface area contributed by atoms with Crippen LogP contribution in [0.1, 0.15) is 16.2 Å². The van der Waals surface area contributed by atoms with Crippen LogP contribution in [0.15, 0.2) is 77.3 Å². The van der Waals surface area contributed by atoms with E-state index in [0.717, 1.165) is 11.3 Å². The van der Waals surface area contributed by atoms with E-state index in [1.165, 1.54) is 0 Å². The van der Waals surface area contributed by atoms with Crippen molar-refractivity contribution in [2.75, 3.05) is 24.9 Å². The van der Waals surface area contributed by atoms with Gasteiger partial charge in [-0.25, -0.2) is 0 Å². The number of carbonyl (C=O) groups excluding carboxylic acids is 1. The number of nitrogens with one attached hydrogen (secondary N) is 2. The lowest BCUT2D eigenvalue weighted by Crippen LogP contribution is -2.14. The summed E-state index contributed by atoms with van der Waals surface area (Å²) in [4.78, 5) is 17.2. The van der Waals surface area contributed by atoms with Crippen LogP contribution in [0.5, 0.6) is 11.5 Å². The molecule has 0 aliphatic heterocycles. The number of amides is 1. The Hall–Kier alpha value is -4.33. The smallest absolute Gasteiger partial charge is 0.257 e. The molecule has 1 heterocycles. The number of benzene rings is 3. The van der Waals surface area contributed by atoms with Gasteiger partial charge >= 0.3 is 0 Å². The van der Waals surface area contributed by atoms with Gasteiger partial charge in [-0.15, -0.1) is 0 Å². The minimum absolute atomic E-state index is 0.212. The topological polar surface area (TPSA) is 98.5 Å². The summed E-state index contributed by atoms with van der Waals surface area (Å²) in [7, 11) is 3.15. The second kappa shape index (κ2) is 9.65. The van der Waals surface area contributed by atoms with Gasteiger partial charge in [-0.2, -0.15) is 4.98 Å². The Morgan fingerprint density at radius 1 is 0.938 bits per heavy atom. The summed E-state index contributed by atoms with van der Waals surface area (Å²) in [6, 6.07) is 21.9. The Morgan fingerprint density at radius 3 is 2.47 bits per heavy atom. The first-order valence-electron chi connectivity index (χ1n) is 9.92. The first-order chi connectivity index (χ1) is 15.7. The number of para-hydroxylation sites is 2. The molecule has 4 rings (SSSR count). The van der Waals surface area contributed by atoms with Crippen molar-refractivity contribution in [3.05, 3.63) is 84.3 Å². The Morgan fingerprint density at radius 2 is 1.69 bits per heavy atom. The van der Waals surface area contributed by atoms with Gasteiger partial charge in [0, 0.05) is 16.9 Å². The van der Waals surface area contributed by atoms with Crippen molar-refractivity contribution in [1.82, 2.24) is 10.1 Å². The number of carbonyl (C=O) groups is 1. The predicted octanol–water partition coefficient (Wildman–Crippen LogP) is 4.62. The lowest BCUT2D eigenvalue weighted by Gasteiger charge is -2.11. The highest BCUT2D eigenvalue weighted by Gasteiger charge is 2.14. The molecule has 1 amide bonds. The molecule has 8 heteroatoms. The van der Waals surface area contributed by atoms with Gasteiger partial charge in [-0.1, -0.05) is 35.5 Å². The van der Waals surface area contributed by atoms with Crippen LogP contribution in [0.25, 0.3) is 11.4 Å². The van der Waals surface area contributed by atoms with Crippen LogP contribution in [0.4, 0.5) is 11.4 Å². The van der Waals surface area contributed by atoms with Gasteiger partial charge in [0.05, 0.1) is 26.3 Å².